The molecule has 1 atom stereocenters. The first-order valence-electron chi connectivity index (χ1n) is 5.53. The molecule has 1 fully saturated rings. The second-order valence-electron chi connectivity index (χ2n) is 3.96. The van der Waals surface area contributed by atoms with Gasteiger partial charge in [0.25, 0.3) is 0 Å². The fourth-order valence-corrected chi connectivity index (χ4v) is 2.94. The Hall–Kier alpha value is -1.26. The minimum absolute atomic E-state index is 0.473. The maximum absolute atomic E-state index is 4.69. The molecule has 2 aromatic heterocycles. The molecule has 3 heterocycles. The maximum atomic E-state index is 4.69. The van der Waals surface area contributed by atoms with E-state index in [9.17, 15) is 0 Å². The summed E-state index contributed by atoms with van der Waals surface area (Å²) in [5, 5.41) is 6.82. The molecule has 1 aliphatic rings. The smallest absolute Gasteiger partial charge is 0.110 e. The molecule has 0 radical (unpaired) electrons. The third-order valence-corrected chi connectivity index (χ3v) is 3.81. The van der Waals surface area contributed by atoms with Gasteiger partial charge in [0.1, 0.15) is 5.01 Å². The quantitative estimate of drug-likeness (QED) is 0.863. The summed E-state index contributed by atoms with van der Waals surface area (Å²) in [7, 11) is 0. The van der Waals surface area contributed by atoms with Crippen molar-refractivity contribution in [2.24, 2.45) is 0 Å². The lowest BCUT2D eigenvalue weighted by atomic mass is 10.2. The van der Waals surface area contributed by atoms with Crippen LogP contribution in [0.4, 0.5) is 0 Å². The fraction of sp³-hybridized carbons (Fsp3) is 0.333. The van der Waals surface area contributed by atoms with Gasteiger partial charge in [-0.15, -0.1) is 11.3 Å². The number of hydrogen-bond acceptors (Lipinski definition) is 4. The van der Waals surface area contributed by atoms with Crippen molar-refractivity contribution in [3.63, 3.8) is 0 Å². The molecule has 1 unspecified atom stereocenters. The summed E-state index contributed by atoms with van der Waals surface area (Å²) >= 11 is 1.75. The van der Waals surface area contributed by atoms with E-state index in [1.54, 1.807) is 11.3 Å². The molecule has 0 saturated carbocycles. The van der Waals surface area contributed by atoms with Crippen molar-refractivity contribution in [3.05, 3.63) is 34.9 Å². The highest BCUT2D eigenvalue weighted by atomic mass is 32.1. The average Bonchev–Trinajstić information content (AvgIpc) is 3.01. The normalized spacial score (nSPS) is 20.1. The topological polar surface area (TPSA) is 37.8 Å². The molecule has 2 aromatic rings. The predicted octanol–water partition coefficient (Wildman–Crippen LogP) is 2.63. The Bertz CT molecular complexity index is 460. The highest BCUT2D eigenvalue weighted by molar-refractivity contribution is 7.10. The van der Waals surface area contributed by atoms with Crippen LogP contribution in [0, 0.1) is 0 Å². The maximum Gasteiger partial charge on any atom is 0.110 e. The molecule has 4 heteroatoms. The Labute approximate surface area is 98.6 Å². The molecule has 0 aliphatic carbocycles. The highest BCUT2D eigenvalue weighted by Gasteiger charge is 2.19. The first-order chi connectivity index (χ1) is 7.93. The van der Waals surface area contributed by atoms with E-state index in [0.717, 1.165) is 17.8 Å². The zero-order chi connectivity index (χ0) is 10.8. The number of rotatable bonds is 2. The standard InChI is InChI=1S/C12H13N3S/c1-2-10(14-5-1)12-15-11(8-16-12)9-3-6-13-7-4-9/h3-4,6-8,10,14H,1-2,5H2. The number of aromatic nitrogens is 2. The van der Waals surface area contributed by atoms with Crippen molar-refractivity contribution in [1.82, 2.24) is 15.3 Å². The minimum Gasteiger partial charge on any atom is -0.308 e. The van der Waals surface area contributed by atoms with E-state index >= 15 is 0 Å². The van der Waals surface area contributed by atoms with Gasteiger partial charge in [-0.05, 0) is 31.5 Å². The van der Waals surface area contributed by atoms with E-state index in [1.165, 1.54) is 17.8 Å². The van der Waals surface area contributed by atoms with E-state index in [2.05, 4.69) is 15.7 Å². The SMILES string of the molecule is c1cc(-c2csc(C3CCCN3)n2)ccn1. The van der Waals surface area contributed by atoms with Gasteiger partial charge < -0.3 is 5.32 Å². The molecular weight excluding hydrogens is 218 g/mol. The van der Waals surface area contributed by atoms with Gasteiger partial charge in [0.05, 0.1) is 11.7 Å². The first-order valence-corrected chi connectivity index (χ1v) is 6.40. The first kappa shape index (κ1) is 9.93. The van der Waals surface area contributed by atoms with Gasteiger partial charge in [-0.3, -0.25) is 4.98 Å². The van der Waals surface area contributed by atoms with Crippen LogP contribution in [0.5, 0.6) is 0 Å². The van der Waals surface area contributed by atoms with Crippen LogP contribution < -0.4 is 5.32 Å². The van der Waals surface area contributed by atoms with Crippen LogP contribution in [-0.4, -0.2) is 16.5 Å². The van der Waals surface area contributed by atoms with Crippen LogP contribution in [0.2, 0.25) is 0 Å². The number of nitrogens with zero attached hydrogens (tertiary/aromatic N) is 2. The van der Waals surface area contributed by atoms with Gasteiger partial charge in [0, 0.05) is 23.3 Å². The Morgan fingerprint density at radius 1 is 1.31 bits per heavy atom. The van der Waals surface area contributed by atoms with Crippen LogP contribution in [0.1, 0.15) is 23.9 Å². The van der Waals surface area contributed by atoms with Crippen LogP contribution >= 0.6 is 11.3 Å². The third-order valence-electron chi connectivity index (χ3n) is 2.86. The van der Waals surface area contributed by atoms with Crippen molar-refractivity contribution in [2.45, 2.75) is 18.9 Å². The molecule has 1 aliphatic heterocycles. The number of thiazole rings is 1. The molecular formula is C12H13N3S. The van der Waals surface area contributed by atoms with Crippen molar-refractivity contribution < 1.29 is 0 Å². The van der Waals surface area contributed by atoms with Crippen LogP contribution in [0.15, 0.2) is 29.9 Å². The molecule has 3 rings (SSSR count). The summed E-state index contributed by atoms with van der Waals surface area (Å²) in [6, 6.07) is 4.47. The van der Waals surface area contributed by atoms with Crippen molar-refractivity contribution in [3.8, 4) is 11.3 Å². The second kappa shape index (κ2) is 4.31. The van der Waals surface area contributed by atoms with Gasteiger partial charge in [-0.25, -0.2) is 4.98 Å². The molecule has 82 valence electrons. The molecule has 0 aromatic carbocycles. The second-order valence-corrected chi connectivity index (χ2v) is 4.85. The lowest BCUT2D eigenvalue weighted by Crippen LogP contribution is -2.12. The summed E-state index contributed by atoms with van der Waals surface area (Å²) in [6.07, 6.45) is 6.09. The van der Waals surface area contributed by atoms with Gasteiger partial charge in [-0.2, -0.15) is 0 Å². The molecule has 0 spiro atoms. The molecule has 0 amide bonds. The number of nitrogens with one attached hydrogen (secondary N) is 1. The molecule has 3 nitrogen and oxygen atoms in total. The summed E-state index contributed by atoms with van der Waals surface area (Å²) < 4.78 is 0. The summed E-state index contributed by atoms with van der Waals surface area (Å²) in [5.41, 5.74) is 2.21. The Morgan fingerprint density at radius 3 is 2.94 bits per heavy atom. The van der Waals surface area contributed by atoms with Gasteiger partial charge >= 0.3 is 0 Å². The largest absolute Gasteiger partial charge is 0.308 e. The monoisotopic (exact) mass is 231 g/mol. The number of hydrogen-bond donors (Lipinski definition) is 1. The van der Waals surface area contributed by atoms with Gasteiger partial charge in [0.15, 0.2) is 0 Å². The third kappa shape index (κ3) is 1.86. The molecule has 0 bridgehead atoms. The summed E-state index contributed by atoms with van der Waals surface area (Å²) in [4.78, 5) is 8.71. The fourth-order valence-electron chi connectivity index (χ4n) is 2.00. The van der Waals surface area contributed by atoms with E-state index < -0.39 is 0 Å². The van der Waals surface area contributed by atoms with Crippen LogP contribution in [0.3, 0.4) is 0 Å². The molecule has 1 saturated heterocycles. The van der Waals surface area contributed by atoms with Crippen LogP contribution in [-0.2, 0) is 0 Å². The van der Waals surface area contributed by atoms with E-state index in [4.69, 9.17) is 4.98 Å². The van der Waals surface area contributed by atoms with Gasteiger partial charge in [0.2, 0.25) is 0 Å². The van der Waals surface area contributed by atoms with E-state index in [-0.39, 0.29) is 0 Å². The molecule has 16 heavy (non-hydrogen) atoms. The zero-order valence-electron chi connectivity index (χ0n) is 8.89. The predicted molar refractivity (Wildman–Crippen MR) is 65.3 cm³/mol. The molecule has 1 N–H and O–H groups in total. The average molecular weight is 231 g/mol. The Kier molecular flexibility index (Phi) is 2.68. The summed E-state index contributed by atoms with van der Waals surface area (Å²) in [5.74, 6) is 0. The van der Waals surface area contributed by atoms with Crippen molar-refractivity contribution >= 4 is 11.3 Å². The highest BCUT2D eigenvalue weighted by Crippen LogP contribution is 2.29. The Balaban J connectivity index is 1.87. The number of pyridine rings is 1. The van der Waals surface area contributed by atoms with Crippen molar-refractivity contribution in [1.29, 1.82) is 0 Å². The zero-order valence-corrected chi connectivity index (χ0v) is 9.70. The summed E-state index contributed by atoms with van der Waals surface area (Å²) in [6.45, 7) is 1.12. The Morgan fingerprint density at radius 2 is 2.19 bits per heavy atom. The minimum atomic E-state index is 0.473. The van der Waals surface area contributed by atoms with Gasteiger partial charge in [-0.1, -0.05) is 0 Å². The lowest BCUT2D eigenvalue weighted by molar-refractivity contribution is 0.643. The lowest BCUT2D eigenvalue weighted by Gasteiger charge is -2.04. The van der Waals surface area contributed by atoms with Crippen molar-refractivity contribution in [2.75, 3.05) is 6.54 Å². The van der Waals surface area contributed by atoms with E-state index in [0.29, 0.717) is 6.04 Å². The van der Waals surface area contributed by atoms with E-state index in [1.807, 2.05) is 24.5 Å². The van der Waals surface area contributed by atoms with Crippen LogP contribution in [0.25, 0.3) is 11.3 Å².